The van der Waals surface area contributed by atoms with Crippen molar-refractivity contribution < 1.29 is 9.59 Å². The van der Waals surface area contributed by atoms with Crippen LogP contribution in [0, 0.1) is 0 Å². The van der Waals surface area contributed by atoms with Crippen molar-refractivity contribution in [3.05, 3.63) is 22.4 Å². The Labute approximate surface area is 110 Å². The van der Waals surface area contributed by atoms with Crippen molar-refractivity contribution >= 4 is 23.4 Å². The van der Waals surface area contributed by atoms with Crippen molar-refractivity contribution in [3.8, 4) is 0 Å². The topological polar surface area (TPSA) is 52.7 Å². The van der Waals surface area contributed by atoms with Crippen LogP contribution in [0.1, 0.15) is 18.9 Å². The maximum atomic E-state index is 12.3. The highest BCUT2D eigenvalue weighted by molar-refractivity contribution is 7.07. The molecule has 2 rings (SSSR count). The van der Waals surface area contributed by atoms with Gasteiger partial charge in [0, 0.05) is 26.2 Å². The van der Waals surface area contributed by atoms with Gasteiger partial charge in [0.25, 0.3) is 0 Å². The van der Waals surface area contributed by atoms with Crippen LogP contribution in [0.25, 0.3) is 0 Å². The monoisotopic (exact) mass is 267 g/mol. The van der Waals surface area contributed by atoms with E-state index in [0.29, 0.717) is 26.2 Å². The molecule has 1 saturated heterocycles. The number of urea groups is 2. The maximum absolute atomic E-state index is 12.3. The molecule has 0 unspecified atom stereocenters. The molecule has 1 fully saturated rings. The van der Waals surface area contributed by atoms with Crippen molar-refractivity contribution in [1.29, 1.82) is 0 Å². The van der Waals surface area contributed by atoms with Gasteiger partial charge in [0.15, 0.2) is 0 Å². The average molecular weight is 267 g/mol. The Morgan fingerprint density at radius 1 is 1.61 bits per heavy atom. The summed E-state index contributed by atoms with van der Waals surface area (Å²) in [6.45, 7) is 4.26. The van der Waals surface area contributed by atoms with Crippen LogP contribution in [-0.4, -0.2) is 41.5 Å². The van der Waals surface area contributed by atoms with E-state index in [9.17, 15) is 9.59 Å². The summed E-state index contributed by atoms with van der Waals surface area (Å²) in [6, 6.07) is 1.52. The summed E-state index contributed by atoms with van der Waals surface area (Å²) in [7, 11) is 0. The van der Waals surface area contributed by atoms with Crippen molar-refractivity contribution in [1.82, 2.24) is 15.1 Å². The van der Waals surface area contributed by atoms with Crippen LogP contribution in [-0.2, 0) is 6.54 Å². The highest BCUT2D eigenvalue weighted by Crippen LogP contribution is 2.12. The first-order valence-electron chi connectivity index (χ1n) is 6.07. The van der Waals surface area contributed by atoms with E-state index >= 15 is 0 Å². The summed E-state index contributed by atoms with van der Waals surface area (Å²) in [5.74, 6) is 0. The van der Waals surface area contributed by atoms with Gasteiger partial charge in [-0.25, -0.2) is 14.5 Å². The summed E-state index contributed by atoms with van der Waals surface area (Å²) in [5, 5.41) is 6.67. The lowest BCUT2D eigenvalue weighted by Gasteiger charge is -2.25. The van der Waals surface area contributed by atoms with Crippen molar-refractivity contribution in [2.75, 3.05) is 19.6 Å². The Morgan fingerprint density at radius 2 is 2.44 bits per heavy atom. The van der Waals surface area contributed by atoms with Gasteiger partial charge >= 0.3 is 12.1 Å². The second-order valence-electron chi connectivity index (χ2n) is 4.22. The molecule has 98 valence electrons. The lowest BCUT2D eigenvalue weighted by molar-refractivity contribution is 0.161. The predicted molar refractivity (Wildman–Crippen MR) is 70.5 cm³/mol. The van der Waals surface area contributed by atoms with Crippen molar-refractivity contribution in [2.45, 2.75) is 19.9 Å². The molecule has 1 aliphatic rings. The minimum absolute atomic E-state index is 0.196. The Kier molecular flexibility index (Phi) is 4.19. The largest absolute Gasteiger partial charge is 0.336 e. The molecule has 0 saturated carbocycles. The van der Waals surface area contributed by atoms with Gasteiger partial charge in [-0.15, -0.1) is 0 Å². The van der Waals surface area contributed by atoms with E-state index in [1.54, 1.807) is 16.2 Å². The predicted octanol–water partition coefficient (Wildman–Crippen LogP) is 2.11. The lowest BCUT2D eigenvalue weighted by atomic mass is 10.3. The minimum Gasteiger partial charge on any atom is -0.336 e. The van der Waals surface area contributed by atoms with Crippen LogP contribution < -0.4 is 5.32 Å². The van der Waals surface area contributed by atoms with E-state index in [-0.39, 0.29) is 12.1 Å². The van der Waals surface area contributed by atoms with E-state index in [0.717, 1.165) is 12.0 Å². The third-order valence-electron chi connectivity index (χ3n) is 2.81. The van der Waals surface area contributed by atoms with Gasteiger partial charge in [-0.3, -0.25) is 0 Å². The Bertz CT molecular complexity index is 419. The Balaban J connectivity index is 2.04. The van der Waals surface area contributed by atoms with Crippen LogP contribution in [0.4, 0.5) is 9.59 Å². The fraction of sp³-hybridized carbons (Fsp3) is 0.500. The highest BCUT2D eigenvalue weighted by atomic mass is 32.1. The number of amides is 4. The Hall–Kier alpha value is -1.56. The third kappa shape index (κ3) is 2.81. The molecule has 0 radical (unpaired) electrons. The van der Waals surface area contributed by atoms with E-state index in [2.05, 4.69) is 5.32 Å². The van der Waals surface area contributed by atoms with Crippen LogP contribution in [0.2, 0.25) is 0 Å². The molecule has 0 spiro atoms. The lowest BCUT2D eigenvalue weighted by Crippen LogP contribution is -2.44. The van der Waals surface area contributed by atoms with Crippen LogP contribution in [0.5, 0.6) is 0 Å². The van der Waals surface area contributed by atoms with Crippen LogP contribution in [0.3, 0.4) is 0 Å². The molecular formula is C12H17N3O2S. The van der Waals surface area contributed by atoms with Gasteiger partial charge in [-0.2, -0.15) is 11.3 Å². The normalized spacial score (nSPS) is 14.7. The SMILES string of the molecule is CCCN(Cc1ccsc1)C(=O)N1CCNC1=O. The Morgan fingerprint density at radius 3 is 3.00 bits per heavy atom. The summed E-state index contributed by atoms with van der Waals surface area (Å²) in [4.78, 5) is 26.8. The molecule has 1 aromatic heterocycles. The molecule has 1 N–H and O–H groups in total. The summed E-state index contributed by atoms with van der Waals surface area (Å²) < 4.78 is 0. The fourth-order valence-electron chi connectivity index (χ4n) is 1.94. The second-order valence-corrected chi connectivity index (χ2v) is 5.00. The number of carbonyl (C=O) groups is 2. The second kappa shape index (κ2) is 5.86. The van der Waals surface area contributed by atoms with Gasteiger partial charge in [0.1, 0.15) is 0 Å². The molecule has 4 amide bonds. The molecule has 5 nitrogen and oxygen atoms in total. The number of hydrogen-bond acceptors (Lipinski definition) is 3. The van der Waals surface area contributed by atoms with Crippen molar-refractivity contribution in [2.24, 2.45) is 0 Å². The molecule has 0 aromatic carbocycles. The number of nitrogens with one attached hydrogen (secondary N) is 1. The summed E-state index contributed by atoms with van der Waals surface area (Å²) >= 11 is 1.61. The minimum atomic E-state index is -0.286. The van der Waals surface area contributed by atoms with Gasteiger partial charge in [0.05, 0.1) is 0 Å². The van der Waals surface area contributed by atoms with Crippen LogP contribution >= 0.6 is 11.3 Å². The molecule has 1 aromatic rings. The molecular weight excluding hydrogens is 250 g/mol. The molecule has 18 heavy (non-hydrogen) atoms. The zero-order valence-corrected chi connectivity index (χ0v) is 11.2. The van der Waals surface area contributed by atoms with E-state index < -0.39 is 0 Å². The standard InChI is InChI=1S/C12H17N3O2S/c1-2-5-14(8-10-3-7-18-9-10)12(17)15-6-4-13-11(15)16/h3,7,9H,2,4-6,8H2,1H3,(H,13,16). The fourth-order valence-corrected chi connectivity index (χ4v) is 2.60. The van der Waals surface area contributed by atoms with E-state index in [1.807, 2.05) is 23.8 Å². The number of nitrogens with zero attached hydrogens (tertiary/aromatic N) is 2. The molecule has 0 atom stereocenters. The number of imide groups is 1. The van der Waals surface area contributed by atoms with E-state index in [4.69, 9.17) is 0 Å². The zero-order chi connectivity index (χ0) is 13.0. The quantitative estimate of drug-likeness (QED) is 0.908. The van der Waals surface area contributed by atoms with Gasteiger partial charge < -0.3 is 10.2 Å². The molecule has 1 aliphatic heterocycles. The highest BCUT2D eigenvalue weighted by Gasteiger charge is 2.29. The number of hydrogen-bond donors (Lipinski definition) is 1. The summed E-state index contributed by atoms with van der Waals surface area (Å²) in [6.07, 6.45) is 0.880. The zero-order valence-electron chi connectivity index (χ0n) is 10.4. The van der Waals surface area contributed by atoms with Crippen molar-refractivity contribution in [3.63, 3.8) is 0 Å². The summed E-state index contributed by atoms with van der Waals surface area (Å²) in [5.41, 5.74) is 1.11. The smallest absolute Gasteiger partial charge is 0.328 e. The van der Waals surface area contributed by atoms with Gasteiger partial charge in [-0.1, -0.05) is 6.92 Å². The number of thiophene rings is 1. The van der Waals surface area contributed by atoms with Gasteiger partial charge in [-0.05, 0) is 28.8 Å². The first-order valence-corrected chi connectivity index (χ1v) is 7.02. The molecule has 2 heterocycles. The number of carbonyl (C=O) groups excluding carboxylic acids is 2. The average Bonchev–Trinajstić information content (AvgIpc) is 2.99. The van der Waals surface area contributed by atoms with Crippen LogP contribution in [0.15, 0.2) is 16.8 Å². The maximum Gasteiger partial charge on any atom is 0.328 e. The first kappa shape index (κ1) is 12.9. The molecule has 0 bridgehead atoms. The van der Waals surface area contributed by atoms with E-state index in [1.165, 1.54) is 4.90 Å². The molecule has 6 heteroatoms. The van der Waals surface area contributed by atoms with Gasteiger partial charge in [0.2, 0.25) is 0 Å². The number of rotatable bonds is 4. The first-order chi connectivity index (χ1) is 8.72. The molecule has 0 aliphatic carbocycles. The third-order valence-corrected chi connectivity index (χ3v) is 3.54.